The number of para-hydroxylation sites is 1. The Morgan fingerprint density at radius 3 is 2.52 bits per heavy atom. The van der Waals surface area contributed by atoms with Gasteiger partial charge in [-0.1, -0.05) is 24.3 Å². The Morgan fingerprint density at radius 1 is 1.14 bits per heavy atom. The highest BCUT2D eigenvalue weighted by Gasteiger charge is 2.14. The minimum absolute atomic E-state index is 0.110. The molecule has 0 saturated carbocycles. The summed E-state index contributed by atoms with van der Waals surface area (Å²) < 4.78 is 23.6. The number of hydrogen-bond acceptors (Lipinski definition) is 4. The van der Waals surface area contributed by atoms with E-state index in [1.54, 1.807) is 36.4 Å². The second-order valence-corrected chi connectivity index (χ2v) is 6.86. The average molecular weight is 300 g/mol. The summed E-state index contributed by atoms with van der Waals surface area (Å²) in [6.07, 6.45) is 1.19. The van der Waals surface area contributed by atoms with Crippen molar-refractivity contribution in [3.8, 4) is 6.07 Å². The molecule has 4 nitrogen and oxygen atoms in total. The second kappa shape index (κ2) is 5.98. The molecule has 0 saturated heterocycles. The highest BCUT2D eigenvalue weighted by atomic mass is 32.2. The van der Waals surface area contributed by atoms with Crippen LogP contribution in [-0.4, -0.2) is 14.7 Å². The van der Waals surface area contributed by atoms with E-state index in [2.05, 4.69) is 11.4 Å². The molecule has 0 aliphatic carbocycles. The molecule has 0 amide bonds. The summed E-state index contributed by atoms with van der Waals surface area (Å²) in [5.74, 6) is 0. The zero-order valence-corrected chi connectivity index (χ0v) is 12.7. The standard InChI is InChI=1S/C16H16N2O2S/c1-12(14-7-5-6-13(10-14)11-17)18-15-8-3-4-9-16(15)21(2,19)20/h3-10,12,18H,1-2H3. The highest BCUT2D eigenvalue weighted by Crippen LogP contribution is 2.25. The van der Waals surface area contributed by atoms with Crippen LogP contribution < -0.4 is 5.32 Å². The molecule has 2 aromatic rings. The van der Waals surface area contributed by atoms with Gasteiger partial charge in [-0.3, -0.25) is 0 Å². The maximum absolute atomic E-state index is 11.8. The third kappa shape index (κ3) is 3.61. The quantitative estimate of drug-likeness (QED) is 0.941. The lowest BCUT2D eigenvalue weighted by Gasteiger charge is -2.18. The number of nitrogens with one attached hydrogen (secondary N) is 1. The lowest BCUT2D eigenvalue weighted by atomic mass is 10.1. The number of anilines is 1. The molecule has 2 rings (SSSR count). The van der Waals surface area contributed by atoms with Crippen molar-refractivity contribution in [1.29, 1.82) is 5.26 Å². The van der Waals surface area contributed by atoms with Gasteiger partial charge in [0.2, 0.25) is 0 Å². The third-order valence-corrected chi connectivity index (χ3v) is 4.33. The van der Waals surface area contributed by atoms with Gasteiger partial charge < -0.3 is 5.32 Å². The molecule has 0 bridgehead atoms. The maximum Gasteiger partial charge on any atom is 0.177 e. The van der Waals surface area contributed by atoms with Crippen LogP contribution in [-0.2, 0) is 9.84 Å². The first-order valence-corrected chi connectivity index (χ1v) is 8.36. The van der Waals surface area contributed by atoms with Crippen LogP contribution in [0.3, 0.4) is 0 Å². The fraction of sp³-hybridized carbons (Fsp3) is 0.188. The molecule has 0 radical (unpaired) electrons. The van der Waals surface area contributed by atoms with Gasteiger partial charge in [0.15, 0.2) is 9.84 Å². The molecule has 0 heterocycles. The molecule has 1 unspecified atom stereocenters. The van der Waals surface area contributed by atoms with Crippen molar-refractivity contribution in [1.82, 2.24) is 0 Å². The van der Waals surface area contributed by atoms with Gasteiger partial charge in [-0.15, -0.1) is 0 Å². The highest BCUT2D eigenvalue weighted by molar-refractivity contribution is 7.90. The number of sulfone groups is 1. The fourth-order valence-corrected chi connectivity index (χ4v) is 2.96. The van der Waals surface area contributed by atoms with Crippen molar-refractivity contribution in [2.75, 3.05) is 11.6 Å². The van der Waals surface area contributed by atoms with Gasteiger partial charge in [-0.05, 0) is 36.8 Å². The molecule has 108 valence electrons. The summed E-state index contributed by atoms with van der Waals surface area (Å²) in [5, 5.41) is 12.1. The van der Waals surface area contributed by atoms with Gasteiger partial charge in [0, 0.05) is 12.3 Å². The van der Waals surface area contributed by atoms with E-state index in [0.29, 0.717) is 11.3 Å². The third-order valence-electron chi connectivity index (χ3n) is 3.17. The van der Waals surface area contributed by atoms with Crippen LogP contribution in [0, 0.1) is 11.3 Å². The first-order valence-electron chi connectivity index (χ1n) is 6.47. The van der Waals surface area contributed by atoms with E-state index in [-0.39, 0.29) is 10.9 Å². The van der Waals surface area contributed by atoms with Crippen molar-refractivity contribution >= 4 is 15.5 Å². The molecule has 0 fully saturated rings. The average Bonchev–Trinajstić information content (AvgIpc) is 2.46. The zero-order valence-electron chi connectivity index (χ0n) is 11.9. The van der Waals surface area contributed by atoms with Crippen LogP contribution in [0.1, 0.15) is 24.1 Å². The number of hydrogen-bond donors (Lipinski definition) is 1. The fourth-order valence-electron chi connectivity index (χ4n) is 2.10. The van der Waals surface area contributed by atoms with Gasteiger partial charge in [0.1, 0.15) is 0 Å². The minimum Gasteiger partial charge on any atom is -0.377 e. The molecule has 0 aliphatic heterocycles. The monoisotopic (exact) mass is 300 g/mol. The molecule has 2 aromatic carbocycles. The van der Waals surface area contributed by atoms with Gasteiger partial charge >= 0.3 is 0 Å². The molecule has 1 N–H and O–H groups in total. The van der Waals surface area contributed by atoms with E-state index in [4.69, 9.17) is 5.26 Å². The Labute approximate surface area is 125 Å². The Kier molecular flexibility index (Phi) is 4.29. The Hall–Kier alpha value is -2.32. The normalized spacial score (nSPS) is 12.4. The summed E-state index contributed by atoms with van der Waals surface area (Å²) in [4.78, 5) is 0.272. The molecule has 5 heteroatoms. The number of nitrogens with zero attached hydrogens (tertiary/aromatic N) is 1. The smallest absolute Gasteiger partial charge is 0.177 e. The summed E-state index contributed by atoms with van der Waals surface area (Å²) >= 11 is 0. The summed E-state index contributed by atoms with van der Waals surface area (Å²) in [6.45, 7) is 1.93. The molecule has 0 spiro atoms. The molecular weight excluding hydrogens is 284 g/mol. The van der Waals surface area contributed by atoms with Crippen LogP contribution in [0.5, 0.6) is 0 Å². The SMILES string of the molecule is CC(Nc1ccccc1S(C)(=O)=O)c1cccc(C#N)c1. The van der Waals surface area contributed by atoms with Gasteiger partial charge in [-0.2, -0.15) is 5.26 Å². The topological polar surface area (TPSA) is 70.0 Å². The van der Waals surface area contributed by atoms with E-state index in [0.717, 1.165) is 5.56 Å². The summed E-state index contributed by atoms with van der Waals surface area (Å²) in [5.41, 5.74) is 2.07. The van der Waals surface area contributed by atoms with E-state index in [1.165, 1.54) is 6.26 Å². The number of nitriles is 1. The van der Waals surface area contributed by atoms with Crippen LogP contribution in [0.25, 0.3) is 0 Å². The van der Waals surface area contributed by atoms with Crippen molar-refractivity contribution in [3.63, 3.8) is 0 Å². The lowest BCUT2D eigenvalue weighted by molar-refractivity contribution is 0.602. The predicted octanol–water partition coefficient (Wildman–Crippen LogP) is 3.13. The summed E-state index contributed by atoms with van der Waals surface area (Å²) in [7, 11) is -3.29. The van der Waals surface area contributed by atoms with Gasteiger partial charge in [0.05, 0.1) is 22.2 Å². The molecule has 21 heavy (non-hydrogen) atoms. The first-order chi connectivity index (χ1) is 9.91. The Morgan fingerprint density at radius 2 is 1.86 bits per heavy atom. The first kappa shape index (κ1) is 15.1. The summed E-state index contributed by atoms with van der Waals surface area (Å²) in [6, 6.07) is 16.0. The molecule has 1 atom stereocenters. The van der Waals surface area contributed by atoms with E-state index in [1.807, 2.05) is 19.1 Å². The number of rotatable bonds is 4. The van der Waals surface area contributed by atoms with Crippen molar-refractivity contribution in [3.05, 3.63) is 59.7 Å². The van der Waals surface area contributed by atoms with Gasteiger partial charge in [0.25, 0.3) is 0 Å². The van der Waals surface area contributed by atoms with Gasteiger partial charge in [-0.25, -0.2) is 8.42 Å². The lowest BCUT2D eigenvalue weighted by Crippen LogP contribution is -2.10. The second-order valence-electron chi connectivity index (χ2n) is 4.87. The molecular formula is C16H16N2O2S. The van der Waals surface area contributed by atoms with Crippen LogP contribution in [0.2, 0.25) is 0 Å². The number of benzene rings is 2. The van der Waals surface area contributed by atoms with E-state index >= 15 is 0 Å². The van der Waals surface area contributed by atoms with E-state index < -0.39 is 9.84 Å². The largest absolute Gasteiger partial charge is 0.377 e. The van der Waals surface area contributed by atoms with Crippen LogP contribution in [0.4, 0.5) is 5.69 Å². The van der Waals surface area contributed by atoms with Crippen molar-refractivity contribution < 1.29 is 8.42 Å². The van der Waals surface area contributed by atoms with Crippen molar-refractivity contribution in [2.24, 2.45) is 0 Å². The zero-order chi connectivity index (χ0) is 15.5. The van der Waals surface area contributed by atoms with Crippen LogP contribution >= 0.6 is 0 Å². The maximum atomic E-state index is 11.8. The Balaban J connectivity index is 2.32. The molecule has 0 aromatic heterocycles. The predicted molar refractivity (Wildman–Crippen MR) is 82.7 cm³/mol. The Bertz CT molecular complexity index is 792. The van der Waals surface area contributed by atoms with E-state index in [9.17, 15) is 8.42 Å². The van der Waals surface area contributed by atoms with Crippen molar-refractivity contribution in [2.45, 2.75) is 17.9 Å². The molecule has 0 aliphatic rings. The van der Waals surface area contributed by atoms with Crippen LogP contribution in [0.15, 0.2) is 53.4 Å². The minimum atomic E-state index is -3.29.